The zero-order valence-corrected chi connectivity index (χ0v) is 13.5. The number of imidazole rings is 1. The minimum absolute atomic E-state index is 0.282. The van der Waals surface area contributed by atoms with Gasteiger partial charge in [-0.05, 0) is 45.8 Å². The minimum Gasteiger partial charge on any atom is -0.348 e. The number of carbonyl (C=O) groups is 1. The number of rotatable bonds is 4. The van der Waals surface area contributed by atoms with Gasteiger partial charge in [0.1, 0.15) is 18.0 Å². The number of benzene rings is 1. The molecule has 2 heterocycles. The van der Waals surface area contributed by atoms with Crippen LogP contribution in [-0.4, -0.2) is 20.4 Å². The lowest BCUT2D eigenvalue weighted by Gasteiger charge is -2.08. The number of pyridine rings is 1. The predicted molar refractivity (Wildman–Crippen MR) is 86.6 cm³/mol. The van der Waals surface area contributed by atoms with Crippen molar-refractivity contribution in [2.45, 2.75) is 6.54 Å². The molecule has 3 aromatic rings. The van der Waals surface area contributed by atoms with Gasteiger partial charge in [0, 0.05) is 29.6 Å². The smallest absolute Gasteiger partial charge is 0.252 e. The van der Waals surface area contributed by atoms with Gasteiger partial charge in [0.25, 0.3) is 5.91 Å². The van der Waals surface area contributed by atoms with Crippen molar-refractivity contribution in [2.75, 3.05) is 0 Å². The van der Waals surface area contributed by atoms with E-state index in [1.54, 1.807) is 29.5 Å². The van der Waals surface area contributed by atoms with E-state index in [0.29, 0.717) is 16.6 Å². The van der Waals surface area contributed by atoms with Gasteiger partial charge < -0.3 is 5.32 Å². The van der Waals surface area contributed by atoms with E-state index in [0.717, 1.165) is 11.4 Å². The van der Waals surface area contributed by atoms with Crippen molar-refractivity contribution in [3.63, 3.8) is 0 Å². The summed E-state index contributed by atoms with van der Waals surface area (Å²) in [5.74, 6) is 0.0714. The fourth-order valence-electron chi connectivity index (χ4n) is 2.02. The van der Waals surface area contributed by atoms with E-state index in [-0.39, 0.29) is 5.91 Å². The second kappa shape index (κ2) is 6.70. The molecule has 0 saturated heterocycles. The normalized spacial score (nSPS) is 10.5. The van der Waals surface area contributed by atoms with E-state index < -0.39 is 5.82 Å². The lowest BCUT2D eigenvalue weighted by Crippen LogP contribution is -2.23. The van der Waals surface area contributed by atoms with Crippen molar-refractivity contribution in [1.82, 2.24) is 19.9 Å². The Morgan fingerprint density at radius 3 is 2.83 bits per heavy atom. The number of halogens is 2. The van der Waals surface area contributed by atoms with E-state index in [4.69, 9.17) is 0 Å². The van der Waals surface area contributed by atoms with Crippen molar-refractivity contribution in [3.05, 3.63) is 76.7 Å². The number of nitrogens with zero attached hydrogens (tertiary/aromatic N) is 3. The largest absolute Gasteiger partial charge is 0.348 e. The van der Waals surface area contributed by atoms with Crippen LogP contribution in [0.15, 0.2) is 59.7 Å². The van der Waals surface area contributed by atoms with E-state index in [1.165, 1.54) is 18.2 Å². The molecule has 1 aromatic carbocycles. The summed E-state index contributed by atoms with van der Waals surface area (Å²) < 4.78 is 15.2. The fourth-order valence-corrected chi connectivity index (χ4v) is 2.55. The van der Waals surface area contributed by atoms with Crippen LogP contribution in [0.2, 0.25) is 0 Å². The molecule has 0 aliphatic heterocycles. The molecule has 0 unspecified atom stereocenters. The van der Waals surface area contributed by atoms with Crippen LogP contribution in [0.3, 0.4) is 0 Å². The molecule has 2 aromatic heterocycles. The van der Waals surface area contributed by atoms with Crippen LogP contribution in [0.5, 0.6) is 0 Å². The third kappa shape index (κ3) is 3.62. The van der Waals surface area contributed by atoms with Gasteiger partial charge in [-0.2, -0.15) is 0 Å². The van der Waals surface area contributed by atoms with Crippen LogP contribution in [-0.2, 0) is 6.54 Å². The first-order valence-electron chi connectivity index (χ1n) is 6.80. The van der Waals surface area contributed by atoms with Gasteiger partial charge in [0.15, 0.2) is 0 Å². The molecule has 0 aliphatic carbocycles. The average molecular weight is 375 g/mol. The van der Waals surface area contributed by atoms with E-state index in [9.17, 15) is 9.18 Å². The molecular weight excluding hydrogens is 363 g/mol. The maximum atomic E-state index is 13.0. The highest BCUT2D eigenvalue weighted by Gasteiger charge is 2.10. The molecule has 0 bridgehead atoms. The van der Waals surface area contributed by atoms with Crippen LogP contribution in [0.25, 0.3) is 5.82 Å². The van der Waals surface area contributed by atoms with Crippen LogP contribution in [0.1, 0.15) is 15.9 Å². The first kappa shape index (κ1) is 15.4. The Bertz CT molecular complexity index is 819. The highest BCUT2D eigenvalue weighted by Crippen LogP contribution is 2.18. The zero-order valence-electron chi connectivity index (χ0n) is 11.9. The quantitative estimate of drug-likeness (QED) is 0.763. The number of nitrogens with one attached hydrogen (secondary N) is 1. The molecular formula is C16H12BrFN4O. The molecule has 1 N–H and O–H groups in total. The van der Waals surface area contributed by atoms with Crippen molar-refractivity contribution in [2.24, 2.45) is 0 Å². The van der Waals surface area contributed by atoms with Crippen LogP contribution in [0, 0.1) is 5.82 Å². The molecule has 5 nitrogen and oxygen atoms in total. The summed E-state index contributed by atoms with van der Waals surface area (Å²) in [4.78, 5) is 20.4. The Morgan fingerprint density at radius 1 is 1.30 bits per heavy atom. The highest BCUT2D eigenvalue weighted by atomic mass is 79.9. The van der Waals surface area contributed by atoms with Gasteiger partial charge >= 0.3 is 0 Å². The Labute approximate surface area is 140 Å². The molecule has 0 fully saturated rings. The molecule has 7 heteroatoms. The van der Waals surface area contributed by atoms with Crippen molar-refractivity contribution in [1.29, 1.82) is 0 Å². The highest BCUT2D eigenvalue weighted by molar-refractivity contribution is 9.10. The lowest BCUT2D eigenvalue weighted by molar-refractivity contribution is 0.0950. The molecule has 1 amide bonds. The van der Waals surface area contributed by atoms with E-state index in [1.807, 2.05) is 12.1 Å². The van der Waals surface area contributed by atoms with Crippen LogP contribution < -0.4 is 5.32 Å². The summed E-state index contributed by atoms with van der Waals surface area (Å²) in [6.07, 6.45) is 6.83. The molecule has 0 aliphatic rings. The zero-order chi connectivity index (χ0) is 16.2. The maximum Gasteiger partial charge on any atom is 0.252 e. The Kier molecular flexibility index (Phi) is 4.47. The summed E-state index contributed by atoms with van der Waals surface area (Å²) in [5.41, 5.74) is 1.25. The summed E-state index contributed by atoms with van der Waals surface area (Å²) >= 11 is 3.18. The monoisotopic (exact) mass is 374 g/mol. The summed E-state index contributed by atoms with van der Waals surface area (Å²) in [6, 6.07) is 7.67. The topological polar surface area (TPSA) is 59.8 Å². The van der Waals surface area contributed by atoms with Gasteiger partial charge in [-0.3, -0.25) is 9.36 Å². The molecule has 116 valence electrons. The molecule has 0 radical (unpaired) electrons. The third-order valence-corrected chi connectivity index (χ3v) is 3.86. The number of aromatic nitrogens is 3. The van der Waals surface area contributed by atoms with Gasteiger partial charge in [0.05, 0.1) is 5.56 Å². The maximum absolute atomic E-state index is 13.0. The third-order valence-electron chi connectivity index (χ3n) is 3.21. The first-order valence-corrected chi connectivity index (χ1v) is 7.59. The van der Waals surface area contributed by atoms with E-state index in [2.05, 4.69) is 31.2 Å². The number of hydrogen-bond donors (Lipinski definition) is 1. The summed E-state index contributed by atoms with van der Waals surface area (Å²) in [6.45, 7) is 0.333. The number of hydrogen-bond acceptors (Lipinski definition) is 3. The average Bonchev–Trinajstić information content (AvgIpc) is 3.07. The minimum atomic E-state index is -0.396. The SMILES string of the molecule is O=C(NCc1ccc(-n2ccnc2)nc1)c1ccc(F)cc1Br. The lowest BCUT2D eigenvalue weighted by atomic mass is 10.2. The summed E-state index contributed by atoms with van der Waals surface area (Å²) in [7, 11) is 0. The molecule has 0 atom stereocenters. The van der Waals surface area contributed by atoms with Crippen LogP contribution in [0.4, 0.5) is 4.39 Å². The predicted octanol–water partition coefficient (Wildman–Crippen LogP) is 3.10. The van der Waals surface area contributed by atoms with Crippen LogP contribution >= 0.6 is 15.9 Å². The van der Waals surface area contributed by atoms with Crippen molar-refractivity contribution < 1.29 is 9.18 Å². The van der Waals surface area contributed by atoms with Gasteiger partial charge in [-0.1, -0.05) is 6.07 Å². The second-order valence-electron chi connectivity index (χ2n) is 4.80. The molecule has 3 rings (SSSR count). The molecule has 0 spiro atoms. The van der Waals surface area contributed by atoms with Crippen molar-refractivity contribution in [3.8, 4) is 5.82 Å². The first-order chi connectivity index (χ1) is 11.1. The molecule has 23 heavy (non-hydrogen) atoms. The Hall–Kier alpha value is -2.54. The number of carbonyl (C=O) groups excluding carboxylic acids is 1. The Balaban J connectivity index is 1.65. The van der Waals surface area contributed by atoms with Crippen molar-refractivity contribution >= 4 is 21.8 Å². The number of amides is 1. The second-order valence-corrected chi connectivity index (χ2v) is 5.66. The van der Waals surface area contributed by atoms with Gasteiger partial charge in [-0.25, -0.2) is 14.4 Å². The molecule has 0 saturated carbocycles. The van der Waals surface area contributed by atoms with Gasteiger partial charge in [-0.15, -0.1) is 0 Å². The summed E-state index contributed by atoms with van der Waals surface area (Å²) in [5, 5.41) is 2.78. The fraction of sp³-hybridized carbons (Fsp3) is 0.0625. The van der Waals surface area contributed by atoms with Gasteiger partial charge in [0.2, 0.25) is 0 Å². The van der Waals surface area contributed by atoms with E-state index >= 15 is 0 Å². The standard InChI is InChI=1S/C16H12BrFN4O/c17-14-7-12(18)2-3-13(14)16(23)21-9-11-1-4-15(20-8-11)22-6-5-19-10-22/h1-8,10H,9H2,(H,21,23). The Morgan fingerprint density at radius 2 is 2.17 bits per heavy atom.